The van der Waals surface area contributed by atoms with E-state index >= 15 is 0 Å². The van der Waals surface area contributed by atoms with Crippen LogP contribution in [0.4, 0.5) is 5.13 Å². The average Bonchev–Trinajstić information content (AvgIpc) is 2.95. The molecule has 1 amide bonds. The number of rotatable bonds is 5. The van der Waals surface area contributed by atoms with Crippen LogP contribution in [0.3, 0.4) is 0 Å². The highest BCUT2D eigenvalue weighted by atomic mass is 32.1. The van der Waals surface area contributed by atoms with Crippen molar-refractivity contribution < 1.29 is 9.63 Å². The Hall–Kier alpha value is -2.42. The van der Waals surface area contributed by atoms with Crippen molar-refractivity contribution in [3.63, 3.8) is 0 Å². The van der Waals surface area contributed by atoms with Crippen molar-refractivity contribution in [1.29, 1.82) is 0 Å². The summed E-state index contributed by atoms with van der Waals surface area (Å²) in [6.45, 7) is 0.101. The number of hydrogen-bond donors (Lipinski definition) is 3. The van der Waals surface area contributed by atoms with Gasteiger partial charge in [-0.3, -0.25) is 4.79 Å². The maximum absolute atomic E-state index is 11.2. The monoisotopic (exact) mass is 266 g/mol. The molecule has 5 N–H and O–H groups in total. The number of thiazole rings is 1. The first-order chi connectivity index (χ1) is 8.66. The van der Waals surface area contributed by atoms with E-state index in [1.165, 1.54) is 11.3 Å². The van der Waals surface area contributed by atoms with Crippen LogP contribution < -0.4 is 11.5 Å². The van der Waals surface area contributed by atoms with Gasteiger partial charge in [0.05, 0.1) is 0 Å². The minimum absolute atomic E-state index is 0.0745. The van der Waals surface area contributed by atoms with Gasteiger partial charge in [0.2, 0.25) is 0 Å². The van der Waals surface area contributed by atoms with E-state index in [2.05, 4.69) is 20.1 Å². The molecule has 94 valence electrons. The van der Waals surface area contributed by atoms with Gasteiger partial charge in [0, 0.05) is 17.8 Å². The molecule has 0 spiro atoms. The number of imidazole rings is 1. The van der Waals surface area contributed by atoms with Gasteiger partial charge in [0.25, 0.3) is 5.91 Å². The number of hydrogen-bond acceptors (Lipinski definition) is 7. The maximum Gasteiger partial charge on any atom is 0.273 e. The van der Waals surface area contributed by atoms with Crippen LogP contribution in [0.1, 0.15) is 11.5 Å². The highest BCUT2D eigenvalue weighted by Gasteiger charge is 2.15. The molecule has 2 aromatic heterocycles. The molecule has 0 aromatic carbocycles. The zero-order chi connectivity index (χ0) is 13.0. The first-order valence-corrected chi connectivity index (χ1v) is 5.74. The van der Waals surface area contributed by atoms with E-state index in [0.29, 0.717) is 16.6 Å². The van der Waals surface area contributed by atoms with E-state index in [1.54, 1.807) is 17.8 Å². The summed E-state index contributed by atoms with van der Waals surface area (Å²) in [5.74, 6) is -0.153. The number of primary amides is 1. The summed E-state index contributed by atoms with van der Waals surface area (Å²) in [6, 6.07) is 0. The van der Waals surface area contributed by atoms with Crippen LogP contribution in [0, 0.1) is 0 Å². The fourth-order valence-electron chi connectivity index (χ4n) is 1.15. The van der Waals surface area contributed by atoms with Gasteiger partial charge in [-0.15, -0.1) is 11.3 Å². The number of aromatic nitrogens is 3. The minimum Gasteiger partial charge on any atom is -0.387 e. The molecule has 2 aromatic rings. The molecule has 9 heteroatoms. The van der Waals surface area contributed by atoms with Gasteiger partial charge in [-0.05, 0) is 0 Å². The SMILES string of the molecule is NC(=O)/C(=N\OCc1ncc[nH]1)c1csc(N)n1. The molecule has 0 saturated heterocycles. The third-order valence-electron chi connectivity index (χ3n) is 1.91. The summed E-state index contributed by atoms with van der Waals surface area (Å²) in [6.07, 6.45) is 3.23. The van der Waals surface area contributed by atoms with Crippen molar-refractivity contribution in [2.45, 2.75) is 6.61 Å². The summed E-state index contributed by atoms with van der Waals surface area (Å²) in [7, 11) is 0. The Morgan fingerprint density at radius 3 is 3.00 bits per heavy atom. The van der Waals surface area contributed by atoms with E-state index in [-0.39, 0.29) is 12.3 Å². The Kier molecular flexibility index (Phi) is 3.53. The maximum atomic E-state index is 11.2. The summed E-state index contributed by atoms with van der Waals surface area (Å²) in [5.41, 5.74) is 10.9. The van der Waals surface area contributed by atoms with Gasteiger partial charge in [-0.2, -0.15) is 0 Å². The quantitative estimate of drug-likeness (QED) is 0.511. The number of oxime groups is 1. The molecular weight excluding hydrogens is 256 g/mol. The molecule has 0 fully saturated rings. The molecule has 0 aliphatic heterocycles. The van der Waals surface area contributed by atoms with Crippen LogP contribution >= 0.6 is 11.3 Å². The number of anilines is 1. The summed E-state index contributed by atoms with van der Waals surface area (Å²) >= 11 is 1.19. The zero-order valence-electron chi connectivity index (χ0n) is 9.16. The van der Waals surface area contributed by atoms with Gasteiger partial charge in [0.15, 0.2) is 17.5 Å². The van der Waals surface area contributed by atoms with Crippen molar-refractivity contribution in [2.24, 2.45) is 10.9 Å². The third kappa shape index (κ3) is 2.83. The molecule has 2 heterocycles. The lowest BCUT2D eigenvalue weighted by molar-refractivity contribution is -0.112. The normalized spacial score (nSPS) is 11.4. The van der Waals surface area contributed by atoms with Gasteiger partial charge >= 0.3 is 0 Å². The van der Waals surface area contributed by atoms with Crippen LogP contribution in [-0.2, 0) is 16.2 Å². The molecule has 0 aliphatic rings. The molecular formula is C9H10N6O2S. The number of nitrogens with one attached hydrogen (secondary N) is 1. The topological polar surface area (TPSA) is 132 Å². The fraction of sp³-hybridized carbons (Fsp3) is 0.111. The smallest absolute Gasteiger partial charge is 0.273 e. The first kappa shape index (κ1) is 12.0. The molecule has 2 rings (SSSR count). The van der Waals surface area contributed by atoms with Crippen LogP contribution in [0.15, 0.2) is 22.9 Å². The number of nitrogens with zero attached hydrogens (tertiary/aromatic N) is 3. The molecule has 0 radical (unpaired) electrons. The van der Waals surface area contributed by atoms with E-state index in [0.717, 1.165) is 0 Å². The van der Waals surface area contributed by atoms with Crippen molar-refractivity contribution in [3.05, 3.63) is 29.3 Å². The van der Waals surface area contributed by atoms with Crippen molar-refractivity contribution in [2.75, 3.05) is 5.73 Å². The standard InChI is InChI=1S/C9H10N6O2S/c10-8(16)7(5-4-18-9(11)14-5)15-17-3-6-12-1-2-13-6/h1-2,4H,3H2,(H2,10,16)(H2,11,14)(H,12,13)/b15-7-. The molecule has 0 unspecified atom stereocenters. The van der Waals surface area contributed by atoms with Gasteiger partial charge in [0.1, 0.15) is 11.5 Å². The fourth-order valence-corrected chi connectivity index (χ4v) is 1.70. The molecule has 0 atom stereocenters. The van der Waals surface area contributed by atoms with E-state index < -0.39 is 5.91 Å². The number of carbonyl (C=O) groups excluding carboxylic acids is 1. The first-order valence-electron chi connectivity index (χ1n) is 4.86. The number of amides is 1. The number of nitrogen functional groups attached to an aromatic ring is 1. The number of carbonyl (C=O) groups is 1. The van der Waals surface area contributed by atoms with Gasteiger partial charge in [-0.25, -0.2) is 9.97 Å². The lowest BCUT2D eigenvalue weighted by atomic mass is 10.3. The Morgan fingerprint density at radius 1 is 1.61 bits per heavy atom. The van der Waals surface area contributed by atoms with Gasteiger partial charge in [-0.1, -0.05) is 5.16 Å². The van der Waals surface area contributed by atoms with Crippen molar-refractivity contribution in [1.82, 2.24) is 15.0 Å². The van der Waals surface area contributed by atoms with Crippen LogP contribution in [0.2, 0.25) is 0 Å². The Labute approximate surface area is 106 Å². The Morgan fingerprint density at radius 2 is 2.44 bits per heavy atom. The van der Waals surface area contributed by atoms with Crippen molar-refractivity contribution >= 4 is 28.1 Å². The van der Waals surface area contributed by atoms with Crippen molar-refractivity contribution in [3.8, 4) is 0 Å². The lowest BCUT2D eigenvalue weighted by Crippen LogP contribution is -2.25. The lowest BCUT2D eigenvalue weighted by Gasteiger charge is -1.99. The summed E-state index contributed by atoms with van der Waals surface area (Å²) < 4.78 is 0. The Balaban J connectivity index is 2.08. The van der Waals surface area contributed by atoms with E-state index in [9.17, 15) is 4.79 Å². The van der Waals surface area contributed by atoms with E-state index in [1.807, 2.05) is 0 Å². The van der Waals surface area contributed by atoms with Crippen LogP contribution in [0.25, 0.3) is 0 Å². The zero-order valence-corrected chi connectivity index (χ0v) is 9.98. The second kappa shape index (κ2) is 5.27. The van der Waals surface area contributed by atoms with Crippen LogP contribution in [0.5, 0.6) is 0 Å². The highest BCUT2D eigenvalue weighted by molar-refractivity contribution is 7.13. The minimum atomic E-state index is -0.736. The predicted molar refractivity (Wildman–Crippen MR) is 65.6 cm³/mol. The van der Waals surface area contributed by atoms with Crippen LogP contribution in [-0.4, -0.2) is 26.6 Å². The number of aromatic amines is 1. The van der Waals surface area contributed by atoms with Gasteiger partial charge < -0.3 is 21.3 Å². The second-order valence-electron chi connectivity index (χ2n) is 3.18. The molecule has 8 nitrogen and oxygen atoms in total. The number of H-pyrrole nitrogens is 1. The average molecular weight is 266 g/mol. The highest BCUT2D eigenvalue weighted by Crippen LogP contribution is 2.12. The van der Waals surface area contributed by atoms with E-state index in [4.69, 9.17) is 16.3 Å². The molecule has 0 saturated carbocycles. The predicted octanol–water partition coefficient (Wildman–Crippen LogP) is -0.145. The Bertz CT molecular complexity index is 561. The molecule has 18 heavy (non-hydrogen) atoms. The molecule has 0 aliphatic carbocycles. The number of nitrogens with two attached hydrogens (primary N) is 2. The summed E-state index contributed by atoms with van der Waals surface area (Å²) in [4.78, 5) is 26.9. The third-order valence-corrected chi connectivity index (χ3v) is 2.58. The largest absolute Gasteiger partial charge is 0.387 e. The second-order valence-corrected chi connectivity index (χ2v) is 4.07. The molecule has 0 bridgehead atoms. The summed E-state index contributed by atoms with van der Waals surface area (Å²) in [5, 5.41) is 5.56.